The number of methoxy groups -OCH3 is 1. The van der Waals surface area contributed by atoms with Gasteiger partial charge in [0.2, 0.25) is 0 Å². The Bertz CT molecular complexity index is 2020. The van der Waals surface area contributed by atoms with Gasteiger partial charge < -0.3 is 14.4 Å². The molecule has 0 aliphatic rings. The normalized spacial score (nSPS) is 11.8. The van der Waals surface area contributed by atoms with Crippen molar-refractivity contribution in [3.05, 3.63) is 135 Å². The zero-order valence-electron chi connectivity index (χ0n) is 23.1. The molecule has 6 aromatic rings. The Morgan fingerprint density at radius 1 is 0.886 bits per heavy atom. The first-order valence-electron chi connectivity index (χ1n) is 13.3. The predicted octanol–water partition coefficient (Wildman–Crippen LogP) is 5.52. The van der Waals surface area contributed by atoms with Gasteiger partial charge in [0.25, 0.3) is 5.56 Å². The Morgan fingerprint density at radius 2 is 1.64 bits per heavy atom. The smallest absolute Gasteiger partial charge is 0.335 e. The molecule has 0 fully saturated rings. The molecule has 0 bridgehead atoms. The molecular weight excluding hydrogens is 605 g/mol. The van der Waals surface area contributed by atoms with Crippen LogP contribution in [0.3, 0.4) is 0 Å². The highest BCUT2D eigenvalue weighted by molar-refractivity contribution is 6.31. The fourth-order valence-electron chi connectivity index (χ4n) is 4.93. The summed E-state index contributed by atoms with van der Waals surface area (Å²) in [6.07, 6.45) is 5.35. The third-order valence-electron chi connectivity index (χ3n) is 7.06. The van der Waals surface area contributed by atoms with Gasteiger partial charge in [0.05, 0.1) is 48.7 Å². The molecule has 3 aromatic carbocycles. The lowest BCUT2D eigenvalue weighted by Gasteiger charge is -2.21. The molecule has 0 aliphatic carbocycles. The zero-order chi connectivity index (χ0) is 30.8. The molecule has 1 unspecified atom stereocenters. The summed E-state index contributed by atoms with van der Waals surface area (Å²) < 4.78 is 10.4. The molecule has 0 saturated heterocycles. The number of carbonyl (C=O) groups is 1. The Kier molecular flexibility index (Phi) is 7.97. The van der Waals surface area contributed by atoms with Crippen LogP contribution in [0.15, 0.2) is 102 Å². The van der Waals surface area contributed by atoms with Gasteiger partial charge in [-0.15, -0.1) is 10.2 Å². The lowest BCUT2D eigenvalue weighted by molar-refractivity contribution is 0.0697. The fraction of sp³-hybridized carbons (Fsp3) is 0.0968. The molecule has 6 rings (SSSR count). The van der Waals surface area contributed by atoms with Crippen molar-refractivity contribution >= 4 is 29.2 Å². The maximum absolute atomic E-state index is 13.9. The lowest BCUT2D eigenvalue weighted by Crippen LogP contribution is -2.27. The third kappa shape index (κ3) is 5.83. The number of carboxylic acids is 1. The van der Waals surface area contributed by atoms with Gasteiger partial charge >= 0.3 is 5.97 Å². The summed E-state index contributed by atoms with van der Waals surface area (Å²) in [5.41, 5.74) is 3.65. The number of pyridine rings is 1. The third-order valence-corrected chi connectivity index (χ3v) is 7.47. The van der Waals surface area contributed by atoms with Gasteiger partial charge in [0.15, 0.2) is 5.15 Å². The molecule has 220 valence electrons. The van der Waals surface area contributed by atoms with Crippen molar-refractivity contribution in [1.29, 1.82) is 0 Å². The first kappa shape index (κ1) is 28.8. The SMILES string of the molecule is COc1cn(C(Cc2ccccc2)c2cn(-c3ccc(C(=O)O)cc3)nn2)c(=O)cc1-c1cc(Cl)ccc1-n1cc(Cl)nn1. The van der Waals surface area contributed by atoms with Crippen molar-refractivity contribution < 1.29 is 14.6 Å². The summed E-state index contributed by atoms with van der Waals surface area (Å²) in [6.45, 7) is 0. The fourth-order valence-corrected chi connectivity index (χ4v) is 5.22. The summed E-state index contributed by atoms with van der Waals surface area (Å²) in [7, 11) is 1.52. The second kappa shape index (κ2) is 12.2. The number of ether oxygens (including phenoxy) is 1. The summed E-state index contributed by atoms with van der Waals surface area (Å²) in [5, 5.41) is 26.5. The van der Waals surface area contributed by atoms with Crippen LogP contribution in [0.1, 0.15) is 27.7 Å². The van der Waals surface area contributed by atoms with Crippen molar-refractivity contribution in [3.8, 4) is 28.3 Å². The number of rotatable bonds is 9. The van der Waals surface area contributed by atoms with Gasteiger partial charge in [-0.2, -0.15) is 0 Å². The second-order valence-electron chi connectivity index (χ2n) is 9.79. The van der Waals surface area contributed by atoms with E-state index in [0.29, 0.717) is 45.4 Å². The van der Waals surface area contributed by atoms with E-state index in [1.807, 2.05) is 30.3 Å². The van der Waals surface area contributed by atoms with Crippen LogP contribution >= 0.6 is 23.2 Å². The molecule has 0 radical (unpaired) electrons. The monoisotopic (exact) mass is 627 g/mol. The summed E-state index contributed by atoms with van der Waals surface area (Å²) in [6, 6.07) is 22.1. The first-order chi connectivity index (χ1) is 21.3. The number of benzene rings is 3. The van der Waals surface area contributed by atoms with E-state index in [9.17, 15) is 14.7 Å². The van der Waals surface area contributed by atoms with Crippen molar-refractivity contribution in [3.63, 3.8) is 0 Å². The highest BCUT2D eigenvalue weighted by atomic mass is 35.5. The van der Waals surface area contributed by atoms with Gasteiger partial charge in [-0.25, -0.2) is 14.2 Å². The van der Waals surface area contributed by atoms with Crippen LogP contribution < -0.4 is 10.3 Å². The zero-order valence-corrected chi connectivity index (χ0v) is 24.6. The average molecular weight is 628 g/mol. The highest BCUT2D eigenvalue weighted by Gasteiger charge is 2.23. The molecular formula is C31H23Cl2N7O4. The summed E-state index contributed by atoms with van der Waals surface area (Å²) in [5.74, 6) is -0.612. The summed E-state index contributed by atoms with van der Waals surface area (Å²) >= 11 is 12.4. The Morgan fingerprint density at radius 3 is 2.32 bits per heavy atom. The molecule has 11 nitrogen and oxygen atoms in total. The average Bonchev–Trinajstić information content (AvgIpc) is 3.70. The first-order valence-corrected chi connectivity index (χ1v) is 14.0. The minimum atomic E-state index is -1.02. The van der Waals surface area contributed by atoms with Crippen molar-refractivity contribution in [1.82, 2.24) is 34.6 Å². The van der Waals surface area contributed by atoms with E-state index in [4.69, 9.17) is 27.9 Å². The van der Waals surface area contributed by atoms with Gasteiger partial charge in [0.1, 0.15) is 11.4 Å². The number of aromatic nitrogens is 7. The van der Waals surface area contributed by atoms with Crippen molar-refractivity contribution in [2.24, 2.45) is 0 Å². The molecule has 0 aliphatic heterocycles. The number of carboxylic acid groups (broad SMARTS) is 1. The van der Waals surface area contributed by atoms with E-state index in [0.717, 1.165) is 5.56 Å². The Balaban J connectivity index is 1.46. The molecule has 3 aromatic heterocycles. The quantitative estimate of drug-likeness (QED) is 0.222. The van der Waals surface area contributed by atoms with Crippen LogP contribution in [-0.4, -0.2) is 52.7 Å². The number of nitrogens with zero attached hydrogens (tertiary/aromatic N) is 7. The lowest BCUT2D eigenvalue weighted by atomic mass is 10.0. The van der Waals surface area contributed by atoms with E-state index >= 15 is 0 Å². The van der Waals surface area contributed by atoms with Crippen LogP contribution in [0, 0.1) is 0 Å². The molecule has 0 amide bonds. The van der Waals surface area contributed by atoms with E-state index in [-0.39, 0.29) is 16.3 Å². The van der Waals surface area contributed by atoms with Crippen molar-refractivity contribution in [2.45, 2.75) is 12.5 Å². The molecule has 0 spiro atoms. The van der Waals surface area contributed by atoms with E-state index in [1.165, 1.54) is 34.7 Å². The number of hydrogen-bond donors (Lipinski definition) is 1. The van der Waals surface area contributed by atoms with Gasteiger partial charge in [0, 0.05) is 22.2 Å². The number of hydrogen-bond acceptors (Lipinski definition) is 7. The van der Waals surface area contributed by atoms with Crippen LogP contribution in [0.4, 0.5) is 0 Å². The topological polar surface area (TPSA) is 130 Å². The minimum absolute atomic E-state index is 0.157. The van der Waals surface area contributed by atoms with E-state index in [2.05, 4.69) is 20.6 Å². The molecule has 44 heavy (non-hydrogen) atoms. The second-order valence-corrected chi connectivity index (χ2v) is 10.6. The largest absolute Gasteiger partial charge is 0.495 e. The van der Waals surface area contributed by atoms with Gasteiger partial charge in [-0.1, -0.05) is 64.0 Å². The van der Waals surface area contributed by atoms with E-state index in [1.54, 1.807) is 53.5 Å². The van der Waals surface area contributed by atoms with Crippen LogP contribution in [0.5, 0.6) is 5.75 Å². The summed E-state index contributed by atoms with van der Waals surface area (Å²) in [4.78, 5) is 25.2. The number of aromatic carboxylic acids is 1. The van der Waals surface area contributed by atoms with E-state index < -0.39 is 12.0 Å². The molecule has 1 N–H and O–H groups in total. The molecule has 3 heterocycles. The van der Waals surface area contributed by atoms with Crippen LogP contribution in [-0.2, 0) is 6.42 Å². The highest BCUT2D eigenvalue weighted by Crippen LogP contribution is 2.36. The maximum Gasteiger partial charge on any atom is 0.335 e. The Hall–Kier alpha value is -5.26. The number of halogens is 2. The Labute approximate surface area is 260 Å². The predicted molar refractivity (Wildman–Crippen MR) is 164 cm³/mol. The van der Waals surface area contributed by atoms with Crippen LogP contribution in [0.25, 0.3) is 22.5 Å². The maximum atomic E-state index is 13.9. The standard InChI is InChI=1S/C31H23Cl2N7O4/c1-44-28-17-38(30(41)15-24(28)23-14-21(32)9-12-26(23)40-18-29(33)35-37-40)27(13-19-5-3-2-4-6-19)25-16-39(36-34-25)22-10-7-20(8-11-22)31(42)43/h2-12,14-18,27H,13H2,1H3,(H,42,43). The molecule has 1 atom stereocenters. The molecule has 13 heteroatoms. The van der Waals surface area contributed by atoms with Crippen molar-refractivity contribution in [2.75, 3.05) is 7.11 Å². The van der Waals surface area contributed by atoms with Gasteiger partial charge in [-0.05, 0) is 54.4 Å². The van der Waals surface area contributed by atoms with Gasteiger partial charge in [-0.3, -0.25) is 4.79 Å². The minimum Gasteiger partial charge on any atom is -0.495 e. The van der Waals surface area contributed by atoms with Crippen LogP contribution in [0.2, 0.25) is 10.2 Å². The molecule has 0 saturated carbocycles.